The summed E-state index contributed by atoms with van der Waals surface area (Å²) in [6.07, 6.45) is -0.252. The molecule has 1 saturated heterocycles. The number of nitrogens with zero attached hydrogens (tertiary/aromatic N) is 2. The van der Waals surface area contributed by atoms with Gasteiger partial charge >= 0.3 is 12.1 Å². The fourth-order valence-electron chi connectivity index (χ4n) is 3.22. The van der Waals surface area contributed by atoms with E-state index in [1.807, 2.05) is 32.9 Å². The van der Waals surface area contributed by atoms with E-state index < -0.39 is 5.60 Å². The molecular formula is C20H30N2O4. The first-order valence-electron chi connectivity index (χ1n) is 9.01. The van der Waals surface area contributed by atoms with Crippen molar-refractivity contribution in [1.82, 2.24) is 9.80 Å². The number of piperazine rings is 1. The first kappa shape index (κ1) is 20.2. The molecule has 0 bridgehead atoms. The molecule has 1 unspecified atom stereocenters. The molecule has 0 N–H and O–H groups in total. The van der Waals surface area contributed by atoms with Crippen molar-refractivity contribution in [3.63, 3.8) is 0 Å². The fraction of sp³-hybridized carbons (Fsp3) is 0.600. The van der Waals surface area contributed by atoms with Crippen LogP contribution >= 0.6 is 0 Å². The number of esters is 1. The van der Waals surface area contributed by atoms with Gasteiger partial charge in [0.05, 0.1) is 12.7 Å². The van der Waals surface area contributed by atoms with Crippen LogP contribution in [0, 0.1) is 0 Å². The van der Waals surface area contributed by atoms with E-state index >= 15 is 0 Å². The molecule has 6 heteroatoms. The third-order valence-electron chi connectivity index (χ3n) is 4.49. The van der Waals surface area contributed by atoms with Gasteiger partial charge in [0.25, 0.3) is 0 Å². The summed E-state index contributed by atoms with van der Waals surface area (Å²) in [5.41, 5.74) is 1.19. The topological polar surface area (TPSA) is 59.1 Å². The highest BCUT2D eigenvalue weighted by Gasteiger charge is 2.33. The van der Waals surface area contributed by atoms with Crippen molar-refractivity contribution in [2.24, 2.45) is 0 Å². The lowest BCUT2D eigenvalue weighted by Crippen LogP contribution is -2.58. The summed E-state index contributed by atoms with van der Waals surface area (Å²) in [6.45, 7) is 11.9. The third-order valence-corrected chi connectivity index (χ3v) is 4.49. The van der Waals surface area contributed by atoms with Crippen LogP contribution in [-0.4, -0.2) is 59.7 Å². The number of ether oxygens (including phenoxy) is 2. The Morgan fingerprint density at radius 2 is 1.62 bits per heavy atom. The molecule has 2 rings (SSSR count). The van der Waals surface area contributed by atoms with Crippen LogP contribution in [-0.2, 0) is 16.0 Å². The van der Waals surface area contributed by atoms with Gasteiger partial charge in [-0.1, -0.05) is 12.1 Å². The third kappa shape index (κ3) is 5.21. The average molecular weight is 362 g/mol. The van der Waals surface area contributed by atoms with Gasteiger partial charge in [-0.05, 0) is 52.3 Å². The number of amides is 1. The predicted octanol–water partition coefficient (Wildman–Crippen LogP) is 3.30. The van der Waals surface area contributed by atoms with E-state index in [9.17, 15) is 9.59 Å². The number of carbonyl (C=O) groups is 2. The van der Waals surface area contributed by atoms with Gasteiger partial charge < -0.3 is 14.4 Å². The molecule has 1 aromatic carbocycles. The highest BCUT2D eigenvalue weighted by atomic mass is 16.6. The largest absolute Gasteiger partial charge is 0.465 e. The summed E-state index contributed by atoms with van der Waals surface area (Å²) >= 11 is 0. The van der Waals surface area contributed by atoms with Gasteiger partial charge in [0, 0.05) is 31.7 Å². The maximum atomic E-state index is 12.3. The summed E-state index contributed by atoms with van der Waals surface area (Å²) < 4.78 is 10.2. The van der Waals surface area contributed by atoms with Gasteiger partial charge in [-0.3, -0.25) is 4.90 Å². The van der Waals surface area contributed by atoms with Gasteiger partial charge in [-0.2, -0.15) is 0 Å². The fourth-order valence-corrected chi connectivity index (χ4v) is 3.22. The predicted molar refractivity (Wildman–Crippen MR) is 100 cm³/mol. The van der Waals surface area contributed by atoms with E-state index in [0.29, 0.717) is 18.7 Å². The Balaban J connectivity index is 2.00. The van der Waals surface area contributed by atoms with E-state index in [1.165, 1.54) is 7.11 Å². The monoisotopic (exact) mass is 362 g/mol. The first-order chi connectivity index (χ1) is 12.1. The molecule has 1 aliphatic heterocycles. The number of methoxy groups -OCH3 is 1. The lowest BCUT2D eigenvalue weighted by Gasteiger charge is -2.44. The van der Waals surface area contributed by atoms with Crippen molar-refractivity contribution in [3.05, 3.63) is 35.4 Å². The number of carbonyl (C=O) groups excluding carboxylic acids is 2. The highest BCUT2D eigenvalue weighted by molar-refractivity contribution is 5.89. The molecule has 0 radical (unpaired) electrons. The van der Waals surface area contributed by atoms with Crippen LogP contribution in [0.25, 0.3) is 0 Å². The van der Waals surface area contributed by atoms with Crippen LogP contribution in [0.3, 0.4) is 0 Å². The van der Waals surface area contributed by atoms with Crippen molar-refractivity contribution in [1.29, 1.82) is 0 Å². The van der Waals surface area contributed by atoms with Crippen LogP contribution in [0.15, 0.2) is 24.3 Å². The molecule has 26 heavy (non-hydrogen) atoms. The maximum Gasteiger partial charge on any atom is 0.410 e. The van der Waals surface area contributed by atoms with Gasteiger partial charge in [0.15, 0.2) is 0 Å². The second-order valence-corrected chi connectivity index (χ2v) is 7.94. The molecule has 144 valence electrons. The van der Waals surface area contributed by atoms with Crippen molar-refractivity contribution < 1.29 is 19.1 Å². The molecule has 0 aromatic heterocycles. The lowest BCUT2D eigenvalue weighted by atomic mass is 10.1. The quantitative estimate of drug-likeness (QED) is 0.772. The lowest BCUT2D eigenvalue weighted by molar-refractivity contribution is -0.00967. The van der Waals surface area contributed by atoms with E-state index in [0.717, 1.165) is 12.1 Å². The second-order valence-electron chi connectivity index (χ2n) is 7.94. The van der Waals surface area contributed by atoms with Gasteiger partial charge in [-0.15, -0.1) is 0 Å². The van der Waals surface area contributed by atoms with Crippen LogP contribution in [0.1, 0.15) is 50.5 Å². The Hall–Kier alpha value is -2.08. The Kier molecular flexibility index (Phi) is 6.29. The maximum absolute atomic E-state index is 12.3. The summed E-state index contributed by atoms with van der Waals surface area (Å²) in [5, 5.41) is 0. The van der Waals surface area contributed by atoms with Gasteiger partial charge in [-0.25, -0.2) is 9.59 Å². The standard InChI is InChI=1S/C20H30N2O4/c1-14-11-21(19(24)26-20(3,4)5)12-15(2)22(14)13-16-7-9-17(10-8-16)18(23)25-6/h7-10,14-15H,11-13H2,1-6H3/t14-,15?/m0/s1. The zero-order valence-electron chi connectivity index (χ0n) is 16.6. The minimum atomic E-state index is -0.484. The minimum absolute atomic E-state index is 0.214. The van der Waals surface area contributed by atoms with Crippen molar-refractivity contribution in [2.75, 3.05) is 20.2 Å². The first-order valence-corrected chi connectivity index (χ1v) is 9.01. The van der Waals surface area contributed by atoms with E-state index in [-0.39, 0.29) is 24.1 Å². The molecule has 1 aliphatic rings. The summed E-state index contributed by atoms with van der Waals surface area (Å²) in [4.78, 5) is 28.0. The molecule has 1 aromatic rings. The summed E-state index contributed by atoms with van der Waals surface area (Å²) in [7, 11) is 1.38. The Bertz CT molecular complexity index is 624. The van der Waals surface area contributed by atoms with Crippen molar-refractivity contribution in [2.45, 2.75) is 58.8 Å². The minimum Gasteiger partial charge on any atom is -0.465 e. The molecule has 1 fully saturated rings. The Morgan fingerprint density at radius 1 is 1.08 bits per heavy atom. The van der Waals surface area contributed by atoms with E-state index in [2.05, 4.69) is 18.7 Å². The van der Waals surface area contributed by atoms with E-state index in [1.54, 1.807) is 17.0 Å². The van der Waals surface area contributed by atoms with Crippen LogP contribution in [0.4, 0.5) is 4.79 Å². The molecule has 6 nitrogen and oxygen atoms in total. The zero-order valence-corrected chi connectivity index (χ0v) is 16.6. The normalized spacial score (nSPS) is 21.4. The smallest absolute Gasteiger partial charge is 0.410 e. The zero-order chi connectivity index (χ0) is 19.5. The number of rotatable bonds is 3. The molecule has 0 aliphatic carbocycles. The van der Waals surface area contributed by atoms with Crippen molar-refractivity contribution in [3.8, 4) is 0 Å². The molecule has 1 heterocycles. The molecule has 2 atom stereocenters. The molecule has 0 saturated carbocycles. The molecule has 0 spiro atoms. The number of benzene rings is 1. The second kappa shape index (κ2) is 8.08. The SMILES string of the molecule is COC(=O)c1ccc(CN2C(C)CN(C(=O)OC(C)(C)C)C[C@@H]2C)cc1. The highest BCUT2D eigenvalue weighted by Crippen LogP contribution is 2.21. The van der Waals surface area contributed by atoms with E-state index in [4.69, 9.17) is 9.47 Å². The molecular weight excluding hydrogens is 332 g/mol. The van der Waals surface area contributed by atoms with Crippen LogP contribution in [0.5, 0.6) is 0 Å². The number of hydrogen-bond donors (Lipinski definition) is 0. The summed E-state index contributed by atoms with van der Waals surface area (Å²) in [6, 6.07) is 7.90. The average Bonchev–Trinajstić information content (AvgIpc) is 2.56. The summed E-state index contributed by atoms with van der Waals surface area (Å²) in [5.74, 6) is -0.329. The van der Waals surface area contributed by atoms with Gasteiger partial charge in [0.2, 0.25) is 0 Å². The Labute approximate surface area is 156 Å². The van der Waals surface area contributed by atoms with Crippen LogP contribution in [0.2, 0.25) is 0 Å². The number of hydrogen-bond acceptors (Lipinski definition) is 5. The Morgan fingerprint density at radius 3 is 2.08 bits per heavy atom. The van der Waals surface area contributed by atoms with Crippen molar-refractivity contribution >= 4 is 12.1 Å². The molecule has 1 amide bonds. The van der Waals surface area contributed by atoms with Crippen LogP contribution < -0.4 is 0 Å². The van der Waals surface area contributed by atoms with Gasteiger partial charge in [0.1, 0.15) is 5.60 Å².